The molecule has 0 bridgehead atoms. The molecule has 1 aromatic heterocycles. The number of carbonyl (C=O) groups is 3. The minimum Gasteiger partial charge on any atom is -0.480 e. The molecule has 0 aliphatic heterocycles. The van der Waals surface area contributed by atoms with Crippen LogP contribution in [0.3, 0.4) is 0 Å². The fourth-order valence-electron chi connectivity index (χ4n) is 3.29. The SMILES string of the molecule is CCCCOC(=O)N(C(=O)O)c1nc(C)c(-c2cc(F)ccc2C(=O)N(CC)CC)c(OC)n1. The molecule has 184 valence electrons. The van der Waals surface area contributed by atoms with Crippen LogP contribution in [0.4, 0.5) is 19.9 Å². The number of aryl methyl sites for hydroxylation is 1. The van der Waals surface area contributed by atoms with Crippen LogP contribution in [0, 0.1) is 12.7 Å². The molecule has 2 rings (SSSR count). The number of benzene rings is 1. The molecule has 11 heteroatoms. The van der Waals surface area contributed by atoms with Crippen LogP contribution in [-0.4, -0.2) is 64.9 Å². The summed E-state index contributed by atoms with van der Waals surface area (Å²) in [5.74, 6) is -1.53. The van der Waals surface area contributed by atoms with Gasteiger partial charge in [0.1, 0.15) is 5.82 Å². The minimum atomic E-state index is -1.64. The van der Waals surface area contributed by atoms with E-state index in [1.165, 1.54) is 32.2 Å². The van der Waals surface area contributed by atoms with Crippen LogP contribution >= 0.6 is 0 Å². The number of nitrogens with zero attached hydrogens (tertiary/aromatic N) is 4. The van der Waals surface area contributed by atoms with E-state index in [1.54, 1.807) is 4.90 Å². The van der Waals surface area contributed by atoms with Gasteiger partial charge in [0.2, 0.25) is 11.8 Å². The van der Waals surface area contributed by atoms with Crippen LogP contribution < -0.4 is 9.64 Å². The lowest BCUT2D eigenvalue weighted by atomic mass is 9.98. The minimum absolute atomic E-state index is 0.0352. The molecule has 1 N–H and O–H groups in total. The summed E-state index contributed by atoms with van der Waals surface area (Å²) in [7, 11) is 1.28. The van der Waals surface area contributed by atoms with Crippen molar-refractivity contribution in [2.75, 3.05) is 31.7 Å². The third-order valence-electron chi connectivity index (χ3n) is 5.07. The summed E-state index contributed by atoms with van der Waals surface area (Å²) in [6, 6.07) is 3.71. The summed E-state index contributed by atoms with van der Waals surface area (Å²) in [6.07, 6.45) is -1.48. The van der Waals surface area contributed by atoms with Gasteiger partial charge in [-0.2, -0.15) is 4.98 Å². The summed E-state index contributed by atoms with van der Waals surface area (Å²) in [5, 5.41) is 9.57. The van der Waals surface area contributed by atoms with Crippen LogP contribution in [-0.2, 0) is 4.74 Å². The molecule has 0 unspecified atom stereocenters. The van der Waals surface area contributed by atoms with Crippen molar-refractivity contribution in [1.82, 2.24) is 14.9 Å². The van der Waals surface area contributed by atoms with Gasteiger partial charge in [-0.3, -0.25) is 4.79 Å². The number of imide groups is 1. The quantitative estimate of drug-likeness (QED) is 0.525. The maximum Gasteiger partial charge on any atom is 0.426 e. The number of hydrogen-bond acceptors (Lipinski definition) is 7. The first-order valence-electron chi connectivity index (χ1n) is 10.9. The van der Waals surface area contributed by atoms with E-state index in [9.17, 15) is 23.9 Å². The van der Waals surface area contributed by atoms with Crippen LogP contribution in [0.1, 0.15) is 49.7 Å². The van der Waals surface area contributed by atoms with Crippen LogP contribution in [0.5, 0.6) is 5.88 Å². The van der Waals surface area contributed by atoms with E-state index >= 15 is 0 Å². The van der Waals surface area contributed by atoms with Gasteiger partial charge >= 0.3 is 12.2 Å². The largest absolute Gasteiger partial charge is 0.480 e. The first-order chi connectivity index (χ1) is 16.2. The van der Waals surface area contributed by atoms with E-state index in [-0.39, 0.29) is 45.7 Å². The van der Waals surface area contributed by atoms with Gasteiger partial charge in [0.25, 0.3) is 5.91 Å². The average molecular weight is 477 g/mol. The lowest BCUT2D eigenvalue weighted by molar-refractivity contribution is 0.0773. The molecule has 3 amide bonds. The molecular formula is C23H29FN4O6. The second-order valence-corrected chi connectivity index (χ2v) is 7.25. The number of amides is 3. The number of methoxy groups -OCH3 is 1. The first kappa shape index (κ1) is 26.5. The Morgan fingerprint density at radius 1 is 1.12 bits per heavy atom. The number of unbranched alkanes of at least 4 members (excludes halogenated alkanes) is 1. The van der Waals surface area contributed by atoms with Gasteiger partial charge in [0, 0.05) is 24.2 Å². The highest BCUT2D eigenvalue weighted by molar-refractivity contribution is 6.07. The summed E-state index contributed by atoms with van der Waals surface area (Å²) in [6.45, 7) is 8.00. The molecule has 0 saturated heterocycles. The Bertz CT molecular complexity index is 1060. The predicted octanol–water partition coefficient (Wildman–Crippen LogP) is 4.50. The van der Waals surface area contributed by atoms with E-state index in [0.29, 0.717) is 19.5 Å². The van der Waals surface area contributed by atoms with Crippen LogP contribution in [0.15, 0.2) is 18.2 Å². The lowest BCUT2D eigenvalue weighted by Gasteiger charge is -2.22. The van der Waals surface area contributed by atoms with Crippen molar-refractivity contribution >= 4 is 24.0 Å². The Labute approximate surface area is 197 Å². The van der Waals surface area contributed by atoms with Crippen LogP contribution in [0.25, 0.3) is 11.1 Å². The van der Waals surface area contributed by atoms with E-state index < -0.39 is 24.0 Å². The summed E-state index contributed by atoms with van der Waals surface area (Å²) in [4.78, 5) is 47.3. The molecule has 2 aromatic rings. The highest BCUT2D eigenvalue weighted by atomic mass is 19.1. The summed E-state index contributed by atoms with van der Waals surface area (Å²) in [5.41, 5.74) is 0.765. The zero-order chi connectivity index (χ0) is 25.4. The van der Waals surface area contributed by atoms with Crippen LogP contribution in [0.2, 0.25) is 0 Å². The Kier molecular flexibility index (Phi) is 9.28. The van der Waals surface area contributed by atoms with Gasteiger partial charge in [-0.05, 0) is 45.4 Å². The van der Waals surface area contributed by atoms with Gasteiger partial charge in [0.15, 0.2) is 0 Å². The summed E-state index contributed by atoms with van der Waals surface area (Å²) >= 11 is 0. The first-order valence-corrected chi connectivity index (χ1v) is 10.9. The fraction of sp³-hybridized carbons (Fsp3) is 0.435. The highest BCUT2D eigenvalue weighted by Crippen LogP contribution is 2.36. The maximum absolute atomic E-state index is 14.2. The Morgan fingerprint density at radius 3 is 2.35 bits per heavy atom. The third-order valence-corrected chi connectivity index (χ3v) is 5.07. The number of halogens is 1. The normalized spacial score (nSPS) is 10.5. The number of rotatable bonds is 9. The number of aromatic nitrogens is 2. The number of anilines is 1. The van der Waals surface area contributed by atoms with Crippen molar-refractivity contribution < 1.29 is 33.4 Å². The van der Waals surface area contributed by atoms with Crippen molar-refractivity contribution in [3.63, 3.8) is 0 Å². The molecule has 0 aliphatic rings. The zero-order valence-electron chi connectivity index (χ0n) is 19.9. The van der Waals surface area contributed by atoms with E-state index in [0.717, 1.165) is 6.42 Å². The Morgan fingerprint density at radius 2 is 1.79 bits per heavy atom. The van der Waals surface area contributed by atoms with Gasteiger partial charge < -0.3 is 19.5 Å². The second-order valence-electron chi connectivity index (χ2n) is 7.25. The standard InChI is InChI=1S/C23H29FN4O6/c1-6-9-12-34-23(32)28(22(30)31)21-25-14(4)18(19(26-21)33-5)17-13-15(24)10-11-16(17)20(29)27(7-2)8-3/h10-11,13H,6-9,12H2,1-5H3,(H,30,31). The third kappa shape index (κ3) is 5.77. The second kappa shape index (κ2) is 11.9. The van der Waals surface area contributed by atoms with Gasteiger partial charge in [-0.1, -0.05) is 13.3 Å². The van der Waals surface area contributed by atoms with Crippen molar-refractivity contribution in [3.05, 3.63) is 35.3 Å². The molecule has 10 nitrogen and oxygen atoms in total. The number of carboxylic acid groups (broad SMARTS) is 1. The highest BCUT2D eigenvalue weighted by Gasteiger charge is 2.30. The van der Waals surface area contributed by atoms with Gasteiger partial charge in [0.05, 0.1) is 25.0 Å². The molecule has 0 atom stereocenters. The van der Waals surface area contributed by atoms with E-state index in [2.05, 4.69) is 9.97 Å². The van der Waals surface area contributed by atoms with Crippen molar-refractivity contribution in [1.29, 1.82) is 0 Å². The van der Waals surface area contributed by atoms with Crippen molar-refractivity contribution in [2.45, 2.75) is 40.5 Å². The lowest BCUT2D eigenvalue weighted by Crippen LogP contribution is -2.38. The fourth-order valence-corrected chi connectivity index (χ4v) is 3.29. The van der Waals surface area contributed by atoms with Crippen molar-refractivity contribution in [3.8, 4) is 17.0 Å². The Balaban J connectivity index is 2.64. The number of hydrogen-bond donors (Lipinski definition) is 1. The molecule has 0 spiro atoms. The average Bonchev–Trinajstić information content (AvgIpc) is 2.79. The molecule has 1 aromatic carbocycles. The smallest absolute Gasteiger partial charge is 0.426 e. The number of ether oxygens (including phenoxy) is 2. The predicted molar refractivity (Wildman–Crippen MR) is 123 cm³/mol. The molecule has 0 radical (unpaired) electrons. The number of carbonyl (C=O) groups excluding carboxylic acids is 2. The molecule has 0 aliphatic carbocycles. The van der Waals surface area contributed by atoms with E-state index in [4.69, 9.17) is 9.47 Å². The van der Waals surface area contributed by atoms with Gasteiger partial charge in [-0.25, -0.2) is 19.0 Å². The summed E-state index contributed by atoms with van der Waals surface area (Å²) < 4.78 is 24.6. The molecule has 34 heavy (non-hydrogen) atoms. The van der Waals surface area contributed by atoms with E-state index in [1.807, 2.05) is 20.8 Å². The monoisotopic (exact) mass is 476 g/mol. The Hall–Kier alpha value is -3.76. The van der Waals surface area contributed by atoms with Gasteiger partial charge in [-0.15, -0.1) is 4.90 Å². The zero-order valence-corrected chi connectivity index (χ0v) is 19.9. The topological polar surface area (TPSA) is 122 Å². The molecule has 1 heterocycles. The molecular weight excluding hydrogens is 447 g/mol. The molecule has 0 saturated carbocycles. The van der Waals surface area contributed by atoms with Crippen molar-refractivity contribution in [2.24, 2.45) is 0 Å². The maximum atomic E-state index is 14.2. The molecule has 0 fully saturated rings.